The van der Waals surface area contributed by atoms with Crippen LogP contribution in [0, 0.1) is 18.7 Å². The van der Waals surface area contributed by atoms with Crippen molar-refractivity contribution in [1.82, 2.24) is 10.3 Å². The third-order valence-electron chi connectivity index (χ3n) is 5.22. The minimum atomic E-state index is -0.213. The molecule has 1 saturated heterocycles. The molecule has 3 nitrogen and oxygen atoms in total. The quantitative estimate of drug-likeness (QED) is 0.646. The Bertz CT molecular complexity index is 878. The first-order valence-corrected chi connectivity index (χ1v) is 9.03. The van der Waals surface area contributed by atoms with E-state index >= 15 is 0 Å². The van der Waals surface area contributed by atoms with Crippen LogP contribution in [0.15, 0.2) is 42.6 Å². The van der Waals surface area contributed by atoms with Gasteiger partial charge >= 0.3 is 0 Å². The fourth-order valence-corrected chi connectivity index (χ4v) is 3.71. The summed E-state index contributed by atoms with van der Waals surface area (Å²) in [6.45, 7) is 5.44. The van der Waals surface area contributed by atoms with Gasteiger partial charge in [-0.05, 0) is 80.2 Å². The molecule has 0 atom stereocenters. The Balaban J connectivity index is 1.54. The van der Waals surface area contributed by atoms with Crippen molar-refractivity contribution < 1.29 is 4.39 Å². The van der Waals surface area contributed by atoms with Gasteiger partial charge in [0.2, 0.25) is 0 Å². The molecular formula is C21H24FN3. The highest BCUT2D eigenvalue weighted by Crippen LogP contribution is 2.31. The molecule has 1 aromatic heterocycles. The molecule has 1 fully saturated rings. The van der Waals surface area contributed by atoms with Gasteiger partial charge in [0.25, 0.3) is 0 Å². The number of hydrogen-bond acceptors (Lipinski definition) is 2. The van der Waals surface area contributed by atoms with E-state index < -0.39 is 0 Å². The van der Waals surface area contributed by atoms with Crippen LogP contribution in [0.3, 0.4) is 0 Å². The van der Waals surface area contributed by atoms with Crippen LogP contribution in [0.1, 0.15) is 18.4 Å². The minimum Gasteiger partial charge on any atom is -0.385 e. The van der Waals surface area contributed by atoms with Crippen molar-refractivity contribution in [2.75, 3.05) is 25.0 Å². The van der Waals surface area contributed by atoms with E-state index in [1.54, 1.807) is 6.07 Å². The molecule has 2 heterocycles. The summed E-state index contributed by atoms with van der Waals surface area (Å²) in [7, 11) is 0. The number of H-pyrrole nitrogens is 1. The van der Waals surface area contributed by atoms with Crippen LogP contribution in [-0.4, -0.2) is 24.6 Å². The van der Waals surface area contributed by atoms with Crippen LogP contribution >= 0.6 is 0 Å². The molecule has 25 heavy (non-hydrogen) atoms. The zero-order valence-electron chi connectivity index (χ0n) is 14.5. The number of aromatic nitrogens is 1. The maximum Gasteiger partial charge on any atom is 0.125 e. The molecule has 0 aliphatic carbocycles. The van der Waals surface area contributed by atoms with Gasteiger partial charge in [-0.3, -0.25) is 0 Å². The summed E-state index contributed by atoms with van der Waals surface area (Å²) < 4.78 is 13.4. The third kappa shape index (κ3) is 3.40. The summed E-state index contributed by atoms with van der Waals surface area (Å²) in [4.78, 5) is 3.17. The van der Waals surface area contributed by atoms with E-state index in [4.69, 9.17) is 0 Å². The standard InChI is InChI=1S/C21H24FN3/c1-14-10-16(19-13-25-21-11-17(22)3-4-18(19)21)2-5-20(14)24-12-15-6-8-23-9-7-15/h2-5,10-11,13,15,23-25H,6-9,12H2,1H3. The van der Waals surface area contributed by atoms with E-state index in [2.05, 4.69) is 40.7 Å². The number of hydrogen-bond donors (Lipinski definition) is 3. The third-order valence-corrected chi connectivity index (χ3v) is 5.22. The van der Waals surface area contributed by atoms with Crippen molar-refractivity contribution in [1.29, 1.82) is 0 Å². The highest BCUT2D eigenvalue weighted by atomic mass is 19.1. The van der Waals surface area contributed by atoms with Crippen LogP contribution in [0.4, 0.5) is 10.1 Å². The van der Waals surface area contributed by atoms with Crippen molar-refractivity contribution in [2.45, 2.75) is 19.8 Å². The Morgan fingerprint density at radius 3 is 2.76 bits per heavy atom. The van der Waals surface area contributed by atoms with Crippen LogP contribution in [0.2, 0.25) is 0 Å². The summed E-state index contributed by atoms with van der Waals surface area (Å²) >= 11 is 0. The summed E-state index contributed by atoms with van der Waals surface area (Å²) in [5.74, 6) is 0.540. The molecule has 4 rings (SSSR count). The van der Waals surface area contributed by atoms with Crippen molar-refractivity contribution in [2.24, 2.45) is 5.92 Å². The number of anilines is 1. The number of rotatable bonds is 4. The van der Waals surface area contributed by atoms with Gasteiger partial charge in [-0.15, -0.1) is 0 Å². The molecule has 4 heteroatoms. The average Bonchev–Trinajstić information content (AvgIpc) is 3.04. The zero-order valence-corrected chi connectivity index (χ0v) is 14.5. The second-order valence-electron chi connectivity index (χ2n) is 7.00. The number of aromatic amines is 1. The normalized spacial score (nSPS) is 15.6. The second kappa shape index (κ2) is 6.89. The van der Waals surface area contributed by atoms with Crippen LogP contribution < -0.4 is 10.6 Å². The lowest BCUT2D eigenvalue weighted by Gasteiger charge is -2.23. The van der Waals surface area contributed by atoms with Gasteiger partial charge in [-0.1, -0.05) is 6.07 Å². The van der Waals surface area contributed by atoms with E-state index in [-0.39, 0.29) is 5.82 Å². The van der Waals surface area contributed by atoms with Gasteiger partial charge in [0.05, 0.1) is 0 Å². The minimum absolute atomic E-state index is 0.213. The number of nitrogens with one attached hydrogen (secondary N) is 3. The lowest BCUT2D eigenvalue weighted by atomic mass is 9.97. The first-order valence-electron chi connectivity index (χ1n) is 9.03. The number of fused-ring (bicyclic) bond motifs is 1. The molecule has 130 valence electrons. The van der Waals surface area contributed by atoms with E-state index in [0.29, 0.717) is 0 Å². The predicted octanol–water partition coefficient (Wildman–Crippen LogP) is 4.69. The number of piperidine rings is 1. The molecule has 1 aliphatic rings. The molecule has 3 N–H and O–H groups in total. The lowest BCUT2D eigenvalue weighted by Crippen LogP contribution is -2.31. The van der Waals surface area contributed by atoms with Gasteiger partial charge in [0.1, 0.15) is 5.82 Å². The molecule has 3 aromatic rings. The largest absolute Gasteiger partial charge is 0.385 e. The lowest BCUT2D eigenvalue weighted by molar-refractivity contribution is 0.390. The Labute approximate surface area is 147 Å². The highest BCUT2D eigenvalue weighted by molar-refractivity contribution is 5.95. The second-order valence-corrected chi connectivity index (χ2v) is 7.00. The molecule has 0 saturated carbocycles. The van der Waals surface area contributed by atoms with Gasteiger partial charge < -0.3 is 15.6 Å². The zero-order chi connectivity index (χ0) is 17.2. The maximum atomic E-state index is 13.4. The smallest absolute Gasteiger partial charge is 0.125 e. The van der Waals surface area contributed by atoms with E-state index in [1.165, 1.54) is 30.2 Å². The van der Waals surface area contributed by atoms with Crippen LogP contribution in [0.25, 0.3) is 22.0 Å². The molecule has 0 bridgehead atoms. The van der Waals surface area contributed by atoms with Crippen LogP contribution in [0.5, 0.6) is 0 Å². The number of halogens is 1. The van der Waals surface area contributed by atoms with Gasteiger partial charge in [-0.2, -0.15) is 0 Å². The van der Waals surface area contributed by atoms with E-state index in [1.807, 2.05) is 12.3 Å². The fraction of sp³-hybridized carbons (Fsp3) is 0.333. The first-order chi connectivity index (χ1) is 12.2. The van der Waals surface area contributed by atoms with Gasteiger partial charge in [0.15, 0.2) is 0 Å². The van der Waals surface area contributed by atoms with Crippen molar-refractivity contribution >= 4 is 16.6 Å². The summed E-state index contributed by atoms with van der Waals surface area (Å²) in [5.41, 5.74) is 5.54. The van der Waals surface area contributed by atoms with Gasteiger partial charge in [-0.25, -0.2) is 4.39 Å². The molecule has 0 amide bonds. The molecular weight excluding hydrogens is 313 g/mol. The Morgan fingerprint density at radius 1 is 1.12 bits per heavy atom. The first kappa shape index (κ1) is 16.2. The van der Waals surface area contributed by atoms with Crippen molar-refractivity contribution in [3.05, 3.63) is 54.0 Å². The van der Waals surface area contributed by atoms with Crippen LogP contribution in [-0.2, 0) is 0 Å². The molecule has 0 unspecified atom stereocenters. The summed E-state index contributed by atoms with van der Waals surface area (Å²) in [5, 5.41) is 8.08. The number of benzene rings is 2. The topological polar surface area (TPSA) is 39.9 Å². The Morgan fingerprint density at radius 2 is 1.96 bits per heavy atom. The van der Waals surface area contributed by atoms with Crippen molar-refractivity contribution in [3.63, 3.8) is 0 Å². The van der Waals surface area contributed by atoms with E-state index in [9.17, 15) is 4.39 Å². The van der Waals surface area contributed by atoms with E-state index in [0.717, 1.165) is 47.6 Å². The predicted molar refractivity (Wildman–Crippen MR) is 103 cm³/mol. The summed E-state index contributed by atoms with van der Waals surface area (Å²) in [6.07, 6.45) is 4.45. The Hall–Kier alpha value is -2.33. The van der Waals surface area contributed by atoms with Gasteiger partial charge in [0, 0.05) is 34.9 Å². The maximum absolute atomic E-state index is 13.4. The molecule has 2 aromatic carbocycles. The van der Waals surface area contributed by atoms with Crippen molar-refractivity contribution in [3.8, 4) is 11.1 Å². The molecule has 0 radical (unpaired) electrons. The summed E-state index contributed by atoms with van der Waals surface area (Å²) in [6, 6.07) is 11.4. The SMILES string of the molecule is Cc1cc(-c2c[nH]c3cc(F)ccc23)ccc1NCC1CCNCC1. The highest BCUT2D eigenvalue weighted by Gasteiger charge is 2.13. The Kier molecular flexibility index (Phi) is 4.45. The molecule has 0 spiro atoms. The molecule has 1 aliphatic heterocycles. The monoisotopic (exact) mass is 337 g/mol. The fourth-order valence-electron chi connectivity index (χ4n) is 3.71. The average molecular weight is 337 g/mol. The number of aryl methyl sites for hydroxylation is 1.